The van der Waals surface area contributed by atoms with Crippen LogP contribution < -0.4 is 5.32 Å². The molecule has 61 heavy (non-hydrogen) atoms. The summed E-state index contributed by atoms with van der Waals surface area (Å²) in [4.78, 5) is 13.0. The predicted octanol–water partition coefficient (Wildman–Crippen LogP) is 10.9. The van der Waals surface area contributed by atoms with Gasteiger partial charge in [0.05, 0.1) is 25.4 Å². The molecule has 7 atom stereocenters. The molecule has 9 heteroatoms. The number of aliphatic hydroxyl groups is 5. The van der Waals surface area contributed by atoms with Gasteiger partial charge in [0.1, 0.15) is 24.4 Å². The van der Waals surface area contributed by atoms with Gasteiger partial charge in [-0.1, -0.05) is 196 Å². The van der Waals surface area contributed by atoms with Crippen LogP contribution in [0.3, 0.4) is 0 Å². The Morgan fingerprint density at radius 3 is 1.51 bits per heavy atom. The Morgan fingerprint density at radius 1 is 0.574 bits per heavy atom. The van der Waals surface area contributed by atoms with Gasteiger partial charge >= 0.3 is 0 Å². The first kappa shape index (κ1) is 56.6. The molecule has 352 valence electrons. The quantitative estimate of drug-likeness (QED) is 0.0264. The van der Waals surface area contributed by atoms with Gasteiger partial charge in [0.25, 0.3) is 0 Å². The Hall–Kier alpha value is -2.37. The monoisotopic (exact) mass is 858 g/mol. The standard InChI is InChI=1S/C52H91NO8/c1-3-5-7-9-11-13-15-17-19-20-21-22-23-24-25-26-28-30-32-34-36-38-40-42-48(56)53-45(44-60-52-51(59)50(58)49(57)47(43-54)61-52)46(55)41-39-37-35-33-31-29-27-18-16-14-12-10-8-6-4-2/h5,7,11,13,17,19,21-22,24-25,28,30,45-47,49-52,54-55,57-59H,3-4,6,8-10,12,14-16,18,20,23,26-27,29,31-44H2,1-2H3,(H,53,56)/b7-5-,13-11-,19-17-,22-21-,25-24-,30-28-. The molecule has 7 unspecified atom stereocenters. The molecule has 0 aromatic carbocycles. The van der Waals surface area contributed by atoms with Gasteiger partial charge in [-0.05, 0) is 64.2 Å². The highest BCUT2D eigenvalue weighted by Crippen LogP contribution is 2.23. The molecule has 0 spiro atoms. The molecule has 1 rings (SSSR count). The zero-order chi connectivity index (χ0) is 44.4. The summed E-state index contributed by atoms with van der Waals surface area (Å²) in [7, 11) is 0. The number of aliphatic hydroxyl groups excluding tert-OH is 5. The summed E-state index contributed by atoms with van der Waals surface area (Å²) in [5.74, 6) is -0.171. The van der Waals surface area contributed by atoms with E-state index in [2.05, 4.69) is 92.1 Å². The van der Waals surface area contributed by atoms with E-state index in [-0.39, 0.29) is 12.5 Å². The molecule has 6 N–H and O–H groups in total. The summed E-state index contributed by atoms with van der Waals surface area (Å²) in [6.07, 6.45) is 49.0. The highest BCUT2D eigenvalue weighted by atomic mass is 16.7. The molecule has 0 radical (unpaired) electrons. The number of rotatable bonds is 40. The fraction of sp³-hybridized carbons (Fsp3) is 0.750. The van der Waals surface area contributed by atoms with Crippen molar-refractivity contribution in [3.05, 3.63) is 72.9 Å². The normalized spacial score (nSPS) is 21.1. The number of nitrogens with one attached hydrogen (secondary N) is 1. The zero-order valence-electron chi connectivity index (χ0n) is 38.6. The van der Waals surface area contributed by atoms with Crippen LogP contribution in [-0.4, -0.2) is 87.5 Å². The third-order valence-corrected chi connectivity index (χ3v) is 11.3. The van der Waals surface area contributed by atoms with Crippen LogP contribution in [0.25, 0.3) is 0 Å². The van der Waals surface area contributed by atoms with E-state index in [0.717, 1.165) is 89.9 Å². The Kier molecular flexibility index (Phi) is 38.7. The minimum atomic E-state index is -1.56. The van der Waals surface area contributed by atoms with Crippen LogP contribution in [0.4, 0.5) is 0 Å². The van der Waals surface area contributed by atoms with Crippen molar-refractivity contribution in [1.29, 1.82) is 0 Å². The summed E-state index contributed by atoms with van der Waals surface area (Å²) in [5.41, 5.74) is 0. The van der Waals surface area contributed by atoms with Crippen LogP contribution in [0.1, 0.15) is 194 Å². The van der Waals surface area contributed by atoms with Crippen molar-refractivity contribution in [3.8, 4) is 0 Å². The summed E-state index contributed by atoms with van der Waals surface area (Å²) in [6.45, 7) is 3.70. The van der Waals surface area contributed by atoms with Crippen molar-refractivity contribution < 1.29 is 39.8 Å². The minimum Gasteiger partial charge on any atom is -0.394 e. The van der Waals surface area contributed by atoms with Crippen LogP contribution in [0.5, 0.6) is 0 Å². The van der Waals surface area contributed by atoms with Crippen LogP contribution in [0.15, 0.2) is 72.9 Å². The van der Waals surface area contributed by atoms with Gasteiger partial charge in [-0.25, -0.2) is 0 Å². The average Bonchev–Trinajstić information content (AvgIpc) is 3.26. The number of amides is 1. The van der Waals surface area contributed by atoms with Crippen LogP contribution in [0.2, 0.25) is 0 Å². The number of unbranched alkanes of at least 4 members (excludes halogenated alkanes) is 18. The lowest BCUT2D eigenvalue weighted by atomic mass is 9.99. The second-order valence-electron chi connectivity index (χ2n) is 16.9. The first-order valence-electron chi connectivity index (χ1n) is 24.6. The number of carbonyl (C=O) groups is 1. The van der Waals surface area contributed by atoms with Gasteiger partial charge in [-0.2, -0.15) is 0 Å². The molecule has 1 heterocycles. The van der Waals surface area contributed by atoms with E-state index in [4.69, 9.17) is 9.47 Å². The van der Waals surface area contributed by atoms with Gasteiger partial charge in [-0.15, -0.1) is 0 Å². The molecule has 1 fully saturated rings. The maximum atomic E-state index is 13.0. The Labute approximate surface area is 372 Å². The second-order valence-corrected chi connectivity index (χ2v) is 16.9. The largest absolute Gasteiger partial charge is 0.394 e. The fourth-order valence-corrected chi connectivity index (χ4v) is 7.40. The first-order chi connectivity index (χ1) is 29.8. The van der Waals surface area contributed by atoms with Gasteiger partial charge in [-0.3, -0.25) is 4.79 Å². The molecule has 1 aliphatic rings. The molecule has 0 aliphatic carbocycles. The lowest BCUT2D eigenvalue weighted by Crippen LogP contribution is -2.60. The van der Waals surface area contributed by atoms with E-state index in [1.165, 1.54) is 77.0 Å². The van der Waals surface area contributed by atoms with Crippen molar-refractivity contribution in [3.63, 3.8) is 0 Å². The lowest BCUT2D eigenvalue weighted by molar-refractivity contribution is -0.302. The van der Waals surface area contributed by atoms with E-state index in [1.54, 1.807) is 0 Å². The van der Waals surface area contributed by atoms with Crippen molar-refractivity contribution in [2.24, 2.45) is 0 Å². The Balaban J connectivity index is 2.32. The van der Waals surface area contributed by atoms with E-state index >= 15 is 0 Å². The fourth-order valence-electron chi connectivity index (χ4n) is 7.40. The predicted molar refractivity (Wildman–Crippen MR) is 253 cm³/mol. The van der Waals surface area contributed by atoms with Gasteiger partial charge in [0, 0.05) is 6.42 Å². The van der Waals surface area contributed by atoms with Crippen molar-refractivity contribution in [2.45, 2.75) is 236 Å². The van der Waals surface area contributed by atoms with Crippen LogP contribution in [0, 0.1) is 0 Å². The minimum absolute atomic E-state index is 0.152. The molecule has 0 bridgehead atoms. The summed E-state index contributed by atoms with van der Waals surface area (Å²) in [5, 5.41) is 54.4. The van der Waals surface area contributed by atoms with Crippen LogP contribution >= 0.6 is 0 Å². The third-order valence-electron chi connectivity index (χ3n) is 11.3. The summed E-state index contributed by atoms with van der Waals surface area (Å²) >= 11 is 0. The number of ether oxygens (including phenoxy) is 2. The highest BCUT2D eigenvalue weighted by molar-refractivity contribution is 5.76. The van der Waals surface area contributed by atoms with Crippen molar-refractivity contribution in [1.82, 2.24) is 5.32 Å². The van der Waals surface area contributed by atoms with E-state index in [1.807, 2.05) is 0 Å². The average molecular weight is 858 g/mol. The molecular formula is C52H91NO8. The lowest BCUT2D eigenvalue weighted by Gasteiger charge is -2.40. The van der Waals surface area contributed by atoms with Gasteiger partial charge < -0.3 is 40.3 Å². The van der Waals surface area contributed by atoms with Crippen LogP contribution in [-0.2, 0) is 14.3 Å². The van der Waals surface area contributed by atoms with Crippen molar-refractivity contribution >= 4 is 5.91 Å². The first-order valence-corrected chi connectivity index (χ1v) is 24.6. The smallest absolute Gasteiger partial charge is 0.220 e. The molecule has 1 saturated heterocycles. The second kappa shape index (κ2) is 41.6. The summed E-state index contributed by atoms with van der Waals surface area (Å²) in [6, 6.07) is -0.736. The van der Waals surface area contributed by atoms with E-state index in [9.17, 15) is 30.3 Å². The van der Waals surface area contributed by atoms with E-state index in [0.29, 0.717) is 12.8 Å². The highest BCUT2D eigenvalue weighted by Gasteiger charge is 2.44. The molecular weight excluding hydrogens is 767 g/mol. The molecule has 0 saturated carbocycles. The summed E-state index contributed by atoms with van der Waals surface area (Å²) < 4.78 is 11.3. The molecule has 1 amide bonds. The Bertz CT molecular complexity index is 1180. The molecule has 0 aromatic rings. The number of allylic oxidation sites excluding steroid dienone is 12. The number of carbonyl (C=O) groups excluding carboxylic acids is 1. The molecule has 0 aromatic heterocycles. The number of hydrogen-bond acceptors (Lipinski definition) is 8. The SMILES string of the molecule is CC/C=C\C/C=C\C/C=C\C/C=C\C/C=C\C/C=C\CCCCCCC(=O)NC(COC1OC(CO)C(O)C(O)C1O)C(O)CCCCCCCCCCCCCCCCC. The zero-order valence-corrected chi connectivity index (χ0v) is 38.6. The van der Waals surface area contributed by atoms with Gasteiger partial charge in [0.15, 0.2) is 6.29 Å². The van der Waals surface area contributed by atoms with Gasteiger partial charge in [0.2, 0.25) is 5.91 Å². The maximum absolute atomic E-state index is 13.0. The molecule has 9 nitrogen and oxygen atoms in total. The maximum Gasteiger partial charge on any atom is 0.220 e. The van der Waals surface area contributed by atoms with E-state index < -0.39 is 49.5 Å². The third kappa shape index (κ3) is 32.0. The topological polar surface area (TPSA) is 149 Å². The number of hydrogen-bond donors (Lipinski definition) is 6. The Morgan fingerprint density at radius 2 is 1.02 bits per heavy atom. The van der Waals surface area contributed by atoms with Crippen molar-refractivity contribution in [2.75, 3.05) is 13.2 Å². The molecule has 1 aliphatic heterocycles.